The largest absolute Gasteiger partial charge is 0.497 e. The van der Waals surface area contributed by atoms with Crippen LogP contribution < -0.4 is 4.74 Å². The predicted octanol–water partition coefficient (Wildman–Crippen LogP) is 5.50. The molecule has 3 aromatic carbocycles. The van der Waals surface area contributed by atoms with Crippen LogP contribution in [0, 0.1) is 10.1 Å². The molecule has 0 heterocycles. The van der Waals surface area contributed by atoms with Gasteiger partial charge in [-0.1, -0.05) is 36.4 Å². The molecule has 32 heavy (non-hydrogen) atoms. The van der Waals surface area contributed by atoms with E-state index in [1.165, 1.54) is 36.2 Å². The molecule has 1 atom stereocenters. The van der Waals surface area contributed by atoms with E-state index in [-0.39, 0.29) is 16.2 Å². The molecule has 0 aliphatic carbocycles. The molecule has 0 aromatic heterocycles. The van der Waals surface area contributed by atoms with Crippen LogP contribution in [0.4, 0.5) is 5.69 Å². The normalized spacial score (nSPS) is 12.2. The summed E-state index contributed by atoms with van der Waals surface area (Å²) in [6.07, 6.45) is 2.74. The van der Waals surface area contributed by atoms with Gasteiger partial charge in [-0.25, -0.2) is 0 Å². The topological polar surface area (TPSA) is 86.5 Å². The molecule has 0 fully saturated rings. The Kier molecular flexibility index (Phi) is 7.97. The standard InChI is InChI=1S/C24H21NO5S2/c1-30-19-13-11-17(12-14-19)16-31-22-10-6-4-8-20(22)24(26)23(32(2)29)15-18-7-3-5-9-21(18)25(27)28/h3-15H,16H2,1-2H3/b23-15-. The highest BCUT2D eigenvalue weighted by Gasteiger charge is 2.21. The first-order chi connectivity index (χ1) is 15.4. The summed E-state index contributed by atoms with van der Waals surface area (Å²) >= 11 is 1.49. The fourth-order valence-corrected chi connectivity index (χ4v) is 4.66. The first-order valence-corrected chi connectivity index (χ1v) is 12.1. The van der Waals surface area contributed by atoms with Crippen molar-refractivity contribution in [3.8, 4) is 5.75 Å². The molecule has 0 radical (unpaired) electrons. The number of nitro benzene ring substituents is 1. The molecular weight excluding hydrogens is 446 g/mol. The van der Waals surface area contributed by atoms with Gasteiger partial charge in [0.05, 0.1) is 33.3 Å². The maximum Gasteiger partial charge on any atom is 0.276 e. The number of carbonyl (C=O) groups is 1. The van der Waals surface area contributed by atoms with Gasteiger partial charge in [0.15, 0.2) is 0 Å². The molecule has 0 aliphatic heterocycles. The van der Waals surface area contributed by atoms with E-state index in [4.69, 9.17) is 4.74 Å². The monoisotopic (exact) mass is 467 g/mol. The summed E-state index contributed by atoms with van der Waals surface area (Å²) in [4.78, 5) is 24.9. The summed E-state index contributed by atoms with van der Waals surface area (Å²) in [6, 6.07) is 20.8. The molecule has 1 unspecified atom stereocenters. The third-order valence-corrected chi connectivity index (χ3v) is 6.71. The lowest BCUT2D eigenvalue weighted by molar-refractivity contribution is -0.385. The number of Topliss-reactive ketones (excluding diaryl/α,β-unsaturated/α-hetero) is 1. The third-order valence-electron chi connectivity index (χ3n) is 4.64. The predicted molar refractivity (Wildman–Crippen MR) is 128 cm³/mol. The lowest BCUT2D eigenvalue weighted by Gasteiger charge is -2.10. The summed E-state index contributed by atoms with van der Waals surface area (Å²) in [7, 11) is -0.0325. The van der Waals surface area contributed by atoms with Crippen molar-refractivity contribution in [2.45, 2.75) is 10.6 Å². The van der Waals surface area contributed by atoms with E-state index in [2.05, 4.69) is 0 Å². The van der Waals surface area contributed by atoms with Gasteiger partial charge in [0.2, 0.25) is 5.78 Å². The zero-order chi connectivity index (χ0) is 23.1. The van der Waals surface area contributed by atoms with Crippen molar-refractivity contribution in [3.05, 3.63) is 105 Å². The molecule has 8 heteroatoms. The number of rotatable bonds is 9. The minimum absolute atomic E-state index is 0.0109. The Balaban J connectivity index is 1.91. The maximum atomic E-state index is 13.3. The van der Waals surface area contributed by atoms with Crippen molar-refractivity contribution < 1.29 is 18.7 Å². The van der Waals surface area contributed by atoms with Gasteiger partial charge in [0.25, 0.3) is 5.69 Å². The van der Waals surface area contributed by atoms with Gasteiger partial charge >= 0.3 is 0 Å². The fourth-order valence-electron chi connectivity index (χ4n) is 2.99. The average molecular weight is 468 g/mol. The summed E-state index contributed by atoms with van der Waals surface area (Å²) < 4.78 is 17.6. The number of nitrogens with zero attached hydrogens (tertiary/aromatic N) is 1. The quantitative estimate of drug-likeness (QED) is 0.136. The highest BCUT2D eigenvalue weighted by atomic mass is 32.2. The molecule has 0 spiro atoms. The number of nitro groups is 1. The van der Waals surface area contributed by atoms with Crippen molar-refractivity contribution >= 4 is 40.1 Å². The van der Waals surface area contributed by atoms with Gasteiger partial charge in [0.1, 0.15) is 5.75 Å². The van der Waals surface area contributed by atoms with Crippen molar-refractivity contribution in [1.82, 2.24) is 0 Å². The van der Waals surface area contributed by atoms with Crippen LogP contribution in [-0.2, 0) is 16.6 Å². The Morgan fingerprint density at radius 2 is 1.72 bits per heavy atom. The van der Waals surface area contributed by atoms with E-state index in [1.54, 1.807) is 31.4 Å². The molecule has 6 nitrogen and oxygen atoms in total. The molecule has 0 bridgehead atoms. The second-order valence-electron chi connectivity index (χ2n) is 6.74. The number of allylic oxidation sites excluding steroid dienone is 1. The minimum atomic E-state index is -1.64. The maximum absolute atomic E-state index is 13.3. The number of para-hydroxylation sites is 1. The molecule has 0 saturated heterocycles. The van der Waals surface area contributed by atoms with Gasteiger partial charge in [0, 0.05) is 28.5 Å². The van der Waals surface area contributed by atoms with E-state index in [0.717, 1.165) is 16.2 Å². The molecule has 164 valence electrons. The number of thioether (sulfide) groups is 1. The first-order valence-electron chi connectivity index (χ1n) is 9.58. The number of hydrogen-bond acceptors (Lipinski definition) is 6. The molecule has 3 aromatic rings. The molecule has 3 rings (SSSR count). The van der Waals surface area contributed by atoms with Crippen molar-refractivity contribution in [1.29, 1.82) is 0 Å². The van der Waals surface area contributed by atoms with E-state index in [0.29, 0.717) is 11.3 Å². The number of methoxy groups -OCH3 is 1. The van der Waals surface area contributed by atoms with E-state index < -0.39 is 21.5 Å². The van der Waals surface area contributed by atoms with E-state index >= 15 is 0 Å². The van der Waals surface area contributed by atoms with Crippen LogP contribution in [0.3, 0.4) is 0 Å². The van der Waals surface area contributed by atoms with Crippen LogP contribution in [0.5, 0.6) is 5.75 Å². The number of ketones is 1. The average Bonchev–Trinajstić information content (AvgIpc) is 2.81. The SMILES string of the molecule is COc1ccc(CSc2ccccc2C(=O)/C(=C/c2ccccc2[N+](=O)[O-])S(C)=O)cc1. The Hall–Kier alpha value is -3.23. The minimum Gasteiger partial charge on any atom is -0.497 e. The van der Waals surface area contributed by atoms with Gasteiger partial charge < -0.3 is 4.74 Å². The van der Waals surface area contributed by atoms with Crippen LogP contribution in [0.2, 0.25) is 0 Å². The second kappa shape index (κ2) is 10.9. The van der Waals surface area contributed by atoms with Crippen molar-refractivity contribution in [2.75, 3.05) is 13.4 Å². The number of ether oxygens (including phenoxy) is 1. The Labute approximate surface area is 192 Å². The summed E-state index contributed by atoms with van der Waals surface area (Å²) in [5.74, 6) is 0.985. The molecule has 0 saturated carbocycles. The second-order valence-corrected chi connectivity index (χ2v) is 9.11. The van der Waals surface area contributed by atoms with Crippen LogP contribution in [0.1, 0.15) is 21.5 Å². The lowest BCUT2D eigenvalue weighted by Crippen LogP contribution is -2.09. The number of hydrogen-bond donors (Lipinski definition) is 0. The van der Waals surface area contributed by atoms with Crippen LogP contribution >= 0.6 is 11.8 Å². The third kappa shape index (κ3) is 5.72. The van der Waals surface area contributed by atoms with Gasteiger partial charge in [-0.2, -0.15) is 0 Å². The number of carbonyl (C=O) groups excluding carboxylic acids is 1. The molecule has 0 N–H and O–H groups in total. The molecule has 0 amide bonds. The lowest BCUT2D eigenvalue weighted by atomic mass is 10.1. The van der Waals surface area contributed by atoms with Crippen molar-refractivity contribution in [2.24, 2.45) is 0 Å². The molecular formula is C24H21NO5S2. The zero-order valence-electron chi connectivity index (χ0n) is 17.5. The smallest absolute Gasteiger partial charge is 0.276 e. The van der Waals surface area contributed by atoms with Crippen LogP contribution in [0.15, 0.2) is 82.6 Å². The summed E-state index contributed by atoms with van der Waals surface area (Å²) in [5, 5.41) is 11.3. The van der Waals surface area contributed by atoms with Gasteiger partial charge in [-0.05, 0) is 42.0 Å². The van der Waals surface area contributed by atoms with Crippen LogP contribution in [0.25, 0.3) is 6.08 Å². The van der Waals surface area contributed by atoms with E-state index in [9.17, 15) is 19.1 Å². The zero-order valence-corrected chi connectivity index (χ0v) is 19.2. The highest BCUT2D eigenvalue weighted by molar-refractivity contribution is 7.98. The summed E-state index contributed by atoms with van der Waals surface area (Å²) in [6.45, 7) is 0. The Morgan fingerprint density at radius 3 is 2.38 bits per heavy atom. The van der Waals surface area contributed by atoms with Gasteiger partial charge in [-0.3, -0.25) is 19.1 Å². The van der Waals surface area contributed by atoms with Crippen molar-refractivity contribution in [3.63, 3.8) is 0 Å². The molecule has 0 aliphatic rings. The van der Waals surface area contributed by atoms with Crippen LogP contribution in [-0.4, -0.2) is 28.3 Å². The van der Waals surface area contributed by atoms with Gasteiger partial charge in [-0.15, -0.1) is 11.8 Å². The summed E-state index contributed by atoms with van der Waals surface area (Å²) in [5.41, 5.74) is 1.56. The highest BCUT2D eigenvalue weighted by Crippen LogP contribution is 2.30. The number of benzene rings is 3. The first kappa shape index (κ1) is 23.4. The fraction of sp³-hybridized carbons (Fsp3) is 0.125. The Morgan fingerprint density at radius 1 is 1.06 bits per heavy atom. The van der Waals surface area contributed by atoms with E-state index in [1.807, 2.05) is 36.4 Å². The Bertz CT molecular complexity index is 1190.